The Morgan fingerprint density at radius 1 is 0.628 bits per heavy atom. The van der Waals surface area contributed by atoms with E-state index in [1.54, 1.807) is 0 Å². The first-order valence-electron chi connectivity index (χ1n) is 12.0. The minimum Gasteiger partial charge on any atom is -0.281 e. The molecule has 228 valence electrons. The molecule has 0 atom stereocenters. The van der Waals surface area contributed by atoms with Gasteiger partial charge in [-0.2, -0.15) is 47.9 Å². The monoisotopic (exact) mass is 744 g/mol. The first kappa shape index (κ1) is 32.8. The van der Waals surface area contributed by atoms with Crippen molar-refractivity contribution >= 4 is 32.7 Å². The highest BCUT2D eigenvalue weighted by molar-refractivity contribution is 14.1. The number of benzene rings is 4. The van der Waals surface area contributed by atoms with Gasteiger partial charge in [0.1, 0.15) is 0 Å². The van der Waals surface area contributed by atoms with Crippen molar-refractivity contribution in [1.82, 2.24) is 0 Å². The molecule has 0 amide bonds. The Kier molecular flexibility index (Phi) is 8.72. The van der Waals surface area contributed by atoms with E-state index in [-0.39, 0.29) is 0 Å². The van der Waals surface area contributed by atoms with E-state index in [1.807, 2.05) is 0 Å². The number of rotatable bonds is 5. The van der Waals surface area contributed by atoms with Gasteiger partial charge in [0.05, 0.1) is 0 Å². The van der Waals surface area contributed by atoms with Crippen LogP contribution in [-0.4, -0.2) is 36.2 Å². The second kappa shape index (κ2) is 11.4. The van der Waals surface area contributed by atoms with Gasteiger partial charge in [-0.05, 0) is 74.0 Å². The summed E-state index contributed by atoms with van der Waals surface area (Å²) in [6, 6.07) is 32.8. The summed E-state index contributed by atoms with van der Waals surface area (Å²) in [4.78, 5) is 0. The van der Waals surface area contributed by atoms with Crippen LogP contribution in [0.5, 0.6) is 0 Å². The molecule has 4 aromatic rings. The van der Waals surface area contributed by atoms with E-state index in [9.17, 15) is 47.9 Å². The van der Waals surface area contributed by atoms with Crippen LogP contribution >= 0.6 is 22.6 Å². The highest BCUT2D eigenvalue weighted by atomic mass is 127. The molecule has 5 rings (SSSR count). The van der Waals surface area contributed by atoms with Crippen molar-refractivity contribution in [3.05, 3.63) is 106 Å². The lowest BCUT2D eigenvalue weighted by Crippen LogP contribution is -2.63. The molecule has 4 aromatic carbocycles. The Morgan fingerprint density at radius 3 is 1.63 bits per heavy atom. The summed E-state index contributed by atoms with van der Waals surface area (Å²) in [6.45, 7) is 0. The van der Waals surface area contributed by atoms with Gasteiger partial charge in [-0.25, -0.2) is 0 Å². The molecular weight excluding hydrogens is 726 g/mol. The molecule has 0 saturated heterocycles. The molecule has 43 heavy (non-hydrogen) atoms. The summed E-state index contributed by atoms with van der Waals surface area (Å²) in [7, 11) is -7.17. The van der Waals surface area contributed by atoms with Crippen LogP contribution in [0.25, 0.3) is 33.4 Å². The molecule has 0 unspecified atom stereocenters. The molecular formula is C29H18F9IO3S. The van der Waals surface area contributed by atoms with Crippen LogP contribution in [0.3, 0.4) is 0 Å². The molecule has 14 heteroatoms. The van der Waals surface area contributed by atoms with Gasteiger partial charge in [-0.15, -0.1) is 0 Å². The van der Waals surface area contributed by atoms with Gasteiger partial charge in [0, 0.05) is 9.13 Å². The second-order valence-electron chi connectivity index (χ2n) is 9.34. The van der Waals surface area contributed by atoms with Crippen LogP contribution in [0, 0.1) is 3.57 Å². The standard InChI is InChI=1S/C25H17I.C4HF9O3S/c26-25-23-15-19-13-7-8-14-20(19)22(23)16-21(17-9-3-1-4-10-17)24(25)18-11-5-2-6-12-18;5-1(6,3(9,10)11)2(7,8)4(12,13)17(14,15)16/h1-14,16H,15H2;(H,14,15,16). The zero-order valence-corrected chi connectivity index (χ0v) is 24.3. The third-order valence-electron chi connectivity index (χ3n) is 6.63. The minimum absolute atomic E-state index is 1.03. The third kappa shape index (κ3) is 5.76. The third-order valence-corrected chi connectivity index (χ3v) is 8.72. The van der Waals surface area contributed by atoms with E-state index >= 15 is 0 Å². The van der Waals surface area contributed by atoms with Gasteiger partial charge in [0.2, 0.25) is 0 Å². The maximum atomic E-state index is 12.2. The quantitative estimate of drug-likeness (QED) is 0.111. The highest BCUT2D eigenvalue weighted by Gasteiger charge is 2.85. The summed E-state index contributed by atoms with van der Waals surface area (Å²) >= 11 is 2.56. The van der Waals surface area contributed by atoms with Crippen LogP contribution < -0.4 is 0 Å². The van der Waals surface area contributed by atoms with Crippen LogP contribution in [0.4, 0.5) is 39.5 Å². The molecule has 1 aliphatic carbocycles. The Morgan fingerprint density at radius 2 is 1.12 bits per heavy atom. The van der Waals surface area contributed by atoms with E-state index < -0.39 is 33.4 Å². The fraction of sp³-hybridized carbons (Fsp3) is 0.172. The average Bonchev–Trinajstić information content (AvgIpc) is 3.32. The fourth-order valence-electron chi connectivity index (χ4n) is 4.49. The van der Waals surface area contributed by atoms with E-state index in [0.717, 1.165) is 6.42 Å². The fourth-order valence-corrected chi connectivity index (χ4v) is 6.02. The smallest absolute Gasteiger partial charge is 0.281 e. The second-order valence-corrected chi connectivity index (χ2v) is 11.9. The summed E-state index contributed by atoms with van der Waals surface area (Å²) in [5.41, 5.74) is 10.9. The molecule has 0 fully saturated rings. The number of halogens is 10. The van der Waals surface area contributed by atoms with Gasteiger partial charge in [0.25, 0.3) is 0 Å². The Hall–Kier alpha value is -3.11. The molecule has 0 heterocycles. The van der Waals surface area contributed by atoms with Gasteiger partial charge in [-0.1, -0.05) is 84.9 Å². The van der Waals surface area contributed by atoms with Crippen molar-refractivity contribution < 1.29 is 52.5 Å². The molecule has 0 bridgehead atoms. The van der Waals surface area contributed by atoms with E-state index in [0.29, 0.717) is 0 Å². The predicted molar refractivity (Wildman–Crippen MR) is 151 cm³/mol. The van der Waals surface area contributed by atoms with Gasteiger partial charge in [-0.3, -0.25) is 4.55 Å². The first-order valence-corrected chi connectivity index (χ1v) is 14.6. The van der Waals surface area contributed by atoms with Crippen LogP contribution in [0.2, 0.25) is 0 Å². The minimum atomic E-state index is -7.37. The SMILES string of the molecule is Ic1c2c(cc(-c3ccccc3)c1-c1ccccc1)-c1ccccc1C2.O=S(=O)(O)C(F)(F)C(F)(F)C(F)(F)C(F)(F)F. The maximum absolute atomic E-state index is 12.2. The summed E-state index contributed by atoms with van der Waals surface area (Å²) < 4.78 is 135. The van der Waals surface area contributed by atoms with E-state index in [4.69, 9.17) is 4.55 Å². The largest absolute Gasteiger partial charge is 0.460 e. The van der Waals surface area contributed by atoms with Gasteiger partial charge >= 0.3 is 33.4 Å². The number of fused-ring (bicyclic) bond motifs is 3. The zero-order valence-electron chi connectivity index (χ0n) is 21.3. The Balaban J connectivity index is 0.000000219. The van der Waals surface area contributed by atoms with Crippen molar-refractivity contribution in [2.24, 2.45) is 0 Å². The lowest BCUT2D eigenvalue weighted by molar-refractivity contribution is -0.382. The molecule has 0 saturated carbocycles. The maximum Gasteiger partial charge on any atom is 0.460 e. The average molecular weight is 744 g/mol. The molecule has 1 N–H and O–H groups in total. The molecule has 1 aliphatic rings. The van der Waals surface area contributed by atoms with Gasteiger partial charge < -0.3 is 0 Å². The van der Waals surface area contributed by atoms with E-state index in [1.165, 1.54) is 48.1 Å². The van der Waals surface area contributed by atoms with Crippen molar-refractivity contribution in [3.8, 4) is 33.4 Å². The molecule has 0 aromatic heterocycles. The first-order chi connectivity index (χ1) is 19.8. The van der Waals surface area contributed by atoms with E-state index in [2.05, 4.69) is 114 Å². The van der Waals surface area contributed by atoms with Crippen LogP contribution in [0.1, 0.15) is 11.1 Å². The van der Waals surface area contributed by atoms with Crippen molar-refractivity contribution in [2.45, 2.75) is 29.7 Å². The van der Waals surface area contributed by atoms with Gasteiger partial charge in [0.15, 0.2) is 0 Å². The zero-order chi connectivity index (χ0) is 32.0. The number of hydrogen-bond donors (Lipinski definition) is 1. The summed E-state index contributed by atoms with van der Waals surface area (Å²) in [5, 5.41) is -7.00. The van der Waals surface area contributed by atoms with Crippen molar-refractivity contribution in [2.75, 3.05) is 0 Å². The normalized spacial score (nSPS) is 13.6. The molecule has 3 nitrogen and oxygen atoms in total. The Labute approximate surface area is 253 Å². The summed E-state index contributed by atoms with van der Waals surface area (Å²) in [5.74, 6) is -14.7. The lowest BCUT2D eigenvalue weighted by atomic mass is 9.90. The number of alkyl halides is 9. The Bertz CT molecular complexity index is 1740. The van der Waals surface area contributed by atoms with Crippen molar-refractivity contribution in [1.29, 1.82) is 0 Å². The topological polar surface area (TPSA) is 54.4 Å². The lowest BCUT2D eigenvalue weighted by Gasteiger charge is -2.31. The molecule has 0 radical (unpaired) electrons. The molecule has 0 aliphatic heterocycles. The predicted octanol–water partition coefficient (Wildman–Crippen LogP) is 9.50. The number of hydrogen-bond acceptors (Lipinski definition) is 2. The highest BCUT2D eigenvalue weighted by Crippen LogP contribution is 2.54. The molecule has 0 spiro atoms. The van der Waals surface area contributed by atoms with Crippen molar-refractivity contribution in [3.63, 3.8) is 0 Å². The van der Waals surface area contributed by atoms with Crippen LogP contribution in [0.15, 0.2) is 91.0 Å². The summed E-state index contributed by atoms with van der Waals surface area (Å²) in [6.07, 6.45) is -6.11. The van der Waals surface area contributed by atoms with Crippen LogP contribution in [-0.2, 0) is 16.5 Å².